The second kappa shape index (κ2) is 5.61. The van der Waals surface area contributed by atoms with Crippen molar-refractivity contribution in [1.29, 1.82) is 0 Å². The van der Waals surface area contributed by atoms with Crippen LogP contribution in [0.25, 0.3) is 0 Å². The van der Waals surface area contributed by atoms with Crippen LogP contribution in [-0.2, 0) is 23.7 Å². The molecule has 5 aliphatic rings. The summed E-state index contributed by atoms with van der Waals surface area (Å²) in [4.78, 5) is 0. The van der Waals surface area contributed by atoms with Crippen LogP contribution in [0.15, 0.2) is 0 Å². The number of fused-ring (bicyclic) bond motifs is 6. The van der Waals surface area contributed by atoms with Crippen molar-refractivity contribution in [2.45, 2.75) is 74.0 Å². The summed E-state index contributed by atoms with van der Waals surface area (Å²) in [6.07, 6.45) is 1.70. The van der Waals surface area contributed by atoms with E-state index < -0.39 is 11.7 Å². The summed E-state index contributed by atoms with van der Waals surface area (Å²) in [5, 5.41) is 21.8. The van der Waals surface area contributed by atoms with Gasteiger partial charge in [-0.3, -0.25) is 0 Å². The molecule has 5 fully saturated rings. The Hall–Kier alpha value is -0.280. The van der Waals surface area contributed by atoms with Crippen molar-refractivity contribution in [1.82, 2.24) is 0 Å². The van der Waals surface area contributed by atoms with Gasteiger partial charge in [0.2, 0.25) is 0 Å². The van der Waals surface area contributed by atoms with Crippen LogP contribution in [0.1, 0.15) is 25.7 Å². The molecule has 2 N–H and O–H groups in total. The lowest BCUT2D eigenvalue weighted by Gasteiger charge is -2.49. The van der Waals surface area contributed by atoms with Crippen molar-refractivity contribution in [2.24, 2.45) is 11.8 Å². The van der Waals surface area contributed by atoms with E-state index in [4.69, 9.17) is 23.7 Å². The summed E-state index contributed by atoms with van der Waals surface area (Å²) >= 11 is 0. The Kier molecular flexibility index (Phi) is 3.72. The largest absolute Gasteiger partial charge is 0.390 e. The summed E-state index contributed by atoms with van der Waals surface area (Å²) in [6.45, 7) is 0.618. The standard InChI is InChI=1S/C17H26O7/c1-20-13-4-11-8(2-10(13)18)16-17(19,6-21-11)9-3-14-15(23-7-22-14)5-12(9)24-16/h8-16,18-19H,2-7H2,1H3. The maximum atomic E-state index is 11.4. The Bertz CT molecular complexity index is 501. The number of hydrogen-bond donors (Lipinski definition) is 2. The van der Waals surface area contributed by atoms with Gasteiger partial charge in [-0.2, -0.15) is 0 Å². The number of aliphatic hydroxyl groups excluding tert-OH is 1. The van der Waals surface area contributed by atoms with E-state index in [1.54, 1.807) is 7.11 Å². The summed E-state index contributed by atoms with van der Waals surface area (Å²) < 4.78 is 29.1. The van der Waals surface area contributed by atoms with Gasteiger partial charge >= 0.3 is 0 Å². The lowest BCUT2D eigenvalue weighted by Crippen LogP contribution is -2.62. The number of ether oxygens (including phenoxy) is 5. The molecule has 2 saturated carbocycles. The number of rotatable bonds is 1. The smallest absolute Gasteiger partial charge is 0.147 e. The lowest BCUT2D eigenvalue weighted by molar-refractivity contribution is -0.232. The van der Waals surface area contributed by atoms with Crippen LogP contribution in [0.2, 0.25) is 0 Å². The molecule has 3 aliphatic heterocycles. The van der Waals surface area contributed by atoms with E-state index in [9.17, 15) is 10.2 Å². The van der Waals surface area contributed by atoms with Crippen LogP contribution in [-0.4, -0.2) is 79.1 Å². The summed E-state index contributed by atoms with van der Waals surface area (Å²) in [7, 11) is 1.62. The van der Waals surface area contributed by atoms with E-state index in [-0.39, 0.29) is 55.1 Å². The zero-order chi connectivity index (χ0) is 16.5. The normalized spacial score (nSPS) is 59.4. The van der Waals surface area contributed by atoms with Gasteiger partial charge in [0.1, 0.15) is 12.4 Å². The third kappa shape index (κ3) is 2.16. The van der Waals surface area contributed by atoms with Crippen molar-refractivity contribution >= 4 is 0 Å². The Morgan fingerprint density at radius 3 is 2.54 bits per heavy atom. The van der Waals surface area contributed by atoms with Gasteiger partial charge in [0.05, 0.1) is 49.3 Å². The van der Waals surface area contributed by atoms with Crippen LogP contribution in [0.4, 0.5) is 0 Å². The number of hydrogen-bond acceptors (Lipinski definition) is 7. The SMILES string of the molecule is COC1CC2OCC3(O)C4CC5OCOC5CC4OC3C2CC1O. The van der Waals surface area contributed by atoms with E-state index in [0.717, 1.165) is 12.8 Å². The molecule has 0 aromatic carbocycles. The van der Waals surface area contributed by atoms with Crippen molar-refractivity contribution < 1.29 is 33.9 Å². The highest BCUT2D eigenvalue weighted by Crippen LogP contribution is 2.53. The summed E-state index contributed by atoms with van der Waals surface area (Å²) in [5.74, 6) is 0.00104. The monoisotopic (exact) mass is 342 g/mol. The van der Waals surface area contributed by atoms with E-state index in [2.05, 4.69) is 0 Å². The second-order valence-corrected chi connectivity index (χ2v) is 8.02. The van der Waals surface area contributed by atoms with Gasteiger partial charge < -0.3 is 33.9 Å². The minimum Gasteiger partial charge on any atom is -0.390 e. The molecule has 0 aromatic rings. The van der Waals surface area contributed by atoms with E-state index >= 15 is 0 Å². The molecule has 0 spiro atoms. The van der Waals surface area contributed by atoms with Crippen molar-refractivity contribution in [2.75, 3.05) is 20.5 Å². The summed E-state index contributed by atoms with van der Waals surface area (Å²) in [5.41, 5.74) is -0.998. The van der Waals surface area contributed by atoms with E-state index in [1.807, 2.05) is 0 Å². The van der Waals surface area contributed by atoms with Gasteiger partial charge in [-0.05, 0) is 12.8 Å². The molecule has 24 heavy (non-hydrogen) atoms. The highest BCUT2D eigenvalue weighted by Gasteiger charge is 2.65. The fraction of sp³-hybridized carbons (Fsp3) is 1.00. The molecule has 136 valence electrons. The molecule has 3 heterocycles. The lowest BCUT2D eigenvalue weighted by atomic mass is 9.67. The van der Waals surface area contributed by atoms with Gasteiger partial charge in [-0.25, -0.2) is 0 Å². The third-order valence-corrected chi connectivity index (χ3v) is 6.94. The quantitative estimate of drug-likeness (QED) is 0.684. The van der Waals surface area contributed by atoms with Gasteiger partial charge in [-0.15, -0.1) is 0 Å². The zero-order valence-electron chi connectivity index (χ0n) is 13.9. The van der Waals surface area contributed by atoms with Gasteiger partial charge in [-0.1, -0.05) is 0 Å². The first-order valence-corrected chi connectivity index (χ1v) is 9.03. The van der Waals surface area contributed by atoms with E-state index in [0.29, 0.717) is 19.6 Å². The molecule has 10 atom stereocenters. The zero-order valence-corrected chi connectivity index (χ0v) is 13.9. The molecule has 0 aromatic heterocycles. The first-order chi connectivity index (χ1) is 11.6. The van der Waals surface area contributed by atoms with Crippen molar-refractivity contribution in [3.8, 4) is 0 Å². The predicted octanol–water partition coefficient (Wildman–Crippen LogP) is -0.179. The van der Waals surface area contributed by atoms with Crippen LogP contribution in [0, 0.1) is 11.8 Å². The Balaban J connectivity index is 1.39. The molecular weight excluding hydrogens is 316 g/mol. The summed E-state index contributed by atoms with van der Waals surface area (Å²) in [6, 6.07) is 0. The molecule has 3 saturated heterocycles. The Morgan fingerprint density at radius 2 is 1.75 bits per heavy atom. The minimum atomic E-state index is -0.998. The first-order valence-electron chi connectivity index (χ1n) is 9.03. The molecule has 0 radical (unpaired) electrons. The average Bonchev–Trinajstić information content (AvgIpc) is 3.14. The predicted molar refractivity (Wildman–Crippen MR) is 80.2 cm³/mol. The first kappa shape index (κ1) is 15.9. The molecule has 7 heteroatoms. The van der Waals surface area contributed by atoms with Gasteiger partial charge in [0, 0.05) is 31.8 Å². The molecule has 10 unspecified atom stereocenters. The highest BCUT2D eigenvalue weighted by atomic mass is 16.7. The molecule has 0 bridgehead atoms. The molecular formula is C17H26O7. The topological polar surface area (TPSA) is 86.6 Å². The minimum absolute atomic E-state index is 0.00238. The maximum absolute atomic E-state index is 11.4. The van der Waals surface area contributed by atoms with Crippen molar-refractivity contribution in [3.63, 3.8) is 0 Å². The number of aliphatic hydroxyl groups is 2. The maximum Gasteiger partial charge on any atom is 0.147 e. The van der Waals surface area contributed by atoms with E-state index in [1.165, 1.54) is 0 Å². The van der Waals surface area contributed by atoms with Gasteiger partial charge in [0.15, 0.2) is 0 Å². The van der Waals surface area contributed by atoms with Crippen LogP contribution in [0.5, 0.6) is 0 Å². The second-order valence-electron chi connectivity index (χ2n) is 8.02. The highest BCUT2D eigenvalue weighted by molar-refractivity contribution is 5.13. The third-order valence-electron chi connectivity index (χ3n) is 6.94. The fourth-order valence-corrected chi connectivity index (χ4v) is 5.67. The Morgan fingerprint density at radius 1 is 0.958 bits per heavy atom. The average molecular weight is 342 g/mol. The van der Waals surface area contributed by atoms with Crippen LogP contribution in [0.3, 0.4) is 0 Å². The molecule has 2 aliphatic carbocycles. The molecule has 0 amide bonds. The van der Waals surface area contributed by atoms with Crippen LogP contribution < -0.4 is 0 Å². The van der Waals surface area contributed by atoms with Gasteiger partial charge in [0.25, 0.3) is 0 Å². The number of methoxy groups -OCH3 is 1. The Labute approximate surface area is 141 Å². The van der Waals surface area contributed by atoms with Crippen molar-refractivity contribution in [3.05, 3.63) is 0 Å². The fourth-order valence-electron chi connectivity index (χ4n) is 5.67. The van der Waals surface area contributed by atoms with Crippen LogP contribution >= 0.6 is 0 Å². The molecule has 7 nitrogen and oxygen atoms in total. The molecule has 5 rings (SSSR count).